The van der Waals surface area contributed by atoms with Crippen LogP contribution in [0.15, 0.2) is 24.3 Å². The van der Waals surface area contributed by atoms with E-state index in [0.29, 0.717) is 6.61 Å². The fraction of sp³-hybridized carbons (Fsp3) is 0.600. The van der Waals surface area contributed by atoms with E-state index in [9.17, 15) is 0 Å². The van der Waals surface area contributed by atoms with Crippen molar-refractivity contribution in [1.29, 1.82) is 0 Å². The standard InChI is InChI=1S/C15H24N2O2/c1-4-18-13-7-5-12(6-8-13)15(17(2)3)14-11-16-9-10-19-14/h5-8,14-16H,4,9-11H2,1-3H3. The third-order valence-corrected chi connectivity index (χ3v) is 3.40. The van der Waals surface area contributed by atoms with Gasteiger partial charge in [-0.1, -0.05) is 12.1 Å². The first kappa shape index (κ1) is 14.3. The van der Waals surface area contributed by atoms with E-state index >= 15 is 0 Å². The fourth-order valence-electron chi connectivity index (χ4n) is 2.56. The number of hydrogen-bond donors (Lipinski definition) is 1. The lowest BCUT2D eigenvalue weighted by molar-refractivity contribution is -0.0211. The minimum absolute atomic E-state index is 0.196. The Hall–Kier alpha value is -1.10. The minimum Gasteiger partial charge on any atom is -0.494 e. The van der Waals surface area contributed by atoms with Gasteiger partial charge in [-0.2, -0.15) is 0 Å². The van der Waals surface area contributed by atoms with Gasteiger partial charge in [-0.25, -0.2) is 0 Å². The van der Waals surface area contributed by atoms with Gasteiger partial charge in [-0.15, -0.1) is 0 Å². The average Bonchev–Trinajstić information content (AvgIpc) is 2.42. The average molecular weight is 264 g/mol. The largest absolute Gasteiger partial charge is 0.494 e. The van der Waals surface area contributed by atoms with Gasteiger partial charge in [0.25, 0.3) is 0 Å². The van der Waals surface area contributed by atoms with Crippen LogP contribution in [0.2, 0.25) is 0 Å². The smallest absolute Gasteiger partial charge is 0.119 e. The molecule has 1 fully saturated rings. The topological polar surface area (TPSA) is 33.7 Å². The molecular weight excluding hydrogens is 240 g/mol. The Bertz CT molecular complexity index is 372. The Labute approximate surface area is 115 Å². The van der Waals surface area contributed by atoms with Crippen molar-refractivity contribution in [3.8, 4) is 5.75 Å². The highest BCUT2D eigenvalue weighted by Gasteiger charge is 2.27. The molecule has 0 amide bonds. The number of hydrogen-bond acceptors (Lipinski definition) is 4. The highest BCUT2D eigenvalue weighted by Crippen LogP contribution is 2.26. The highest BCUT2D eigenvalue weighted by atomic mass is 16.5. The molecule has 1 saturated heterocycles. The molecule has 4 nitrogen and oxygen atoms in total. The molecule has 0 aromatic heterocycles. The Morgan fingerprint density at radius 2 is 2.11 bits per heavy atom. The van der Waals surface area contributed by atoms with Gasteiger partial charge in [0, 0.05) is 13.1 Å². The maximum Gasteiger partial charge on any atom is 0.119 e. The molecule has 2 unspecified atom stereocenters. The van der Waals surface area contributed by atoms with Gasteiger partial charge in [-0.05, 0) is 38.7 Å². The molecule has 0 radical (unpaired) electrons. The summed E-state index contributed by atoms with van der Waals surface area (Å²) in [6.45, 7) is 5.33. The second-order valence-corrected chi connectivity index (χ2v) is 5.02. The third-order valence-electron chi connectivity index (χ3n) is 3.40. The van der Waals surface area contributed by atoms with Crippen LogP contribution in [-0.2, 0) is 4.74 Å². The molecule has 2 atom stereocenters. The molecule has 0 aliphatic carbocycles. The summed E-state index contributed by atoms with van der Waals surface area (Å²) >= 11 is 0. The Morgan fingerprint density at radius 3 is 2.63 bits per heavy atom. The Kier molecular flexibility index (Phi) is 5.19. The first-order valence-corrected chi connectivity index (χ1v) is 6.94. The lowest BCUT2D eigenvalue weighted by Crippen LogP contribution is -2.45. The number of likely N-dealkylation sites (N-methyl/N-ethyl adjacent to an activating group) is 1. The van der Waals surface area contributed by atoms with Gasteiger partial charge in [0.15, 0.2) is 0 Å². The van der Waals surface area contributed by atoms with Crippen LogP contribution in [0.25, 0.3) is 0 Å². The zero-order chi connectivity index (χ0) is 13.7. The fourth-order valence-corrected chi connectivity index (χ4v) is 2.56. The first-order valence-electron chi connectivity index (χ1n) is 6.94. The summed E-state index contributed by atoms with van der Waals surface area (Å²) in [6, 6.07) is 8.60. The van der Waals surface area contributed by atoms with Crippen molar-refractivity contribution < 1.29 is 9.47 Å². The van der Waals surface area contributed by atoms with Crippen molar-refractivity contribution in [2.24, 2.45) is 0 Å². The third kappa shape index (κ3) is 3.69. The zero-order valence-electron chi connectivity index (χ0n) is 12.1. The monoisotopic (exact) mass is 264 g/mol. The van der Waals surface area contributed by atoms with E-state index in [1.54, 1.807) is 0 Å². The van der Waals surface area contributed by atoms with Crippen LogP contribution in [0.5, 0.6) is 5.75 Å². The highest BCUT2D eigenvalue weighted by molar-refractivity contribution is 5.30. The molecule has 0 bridgehead atoms. The van der Waals surface area contributed by atoms with Crippen molar-refractivity contribution in [3.05, 3.63) is 29.8 Å². The zero-order valence-corrected chi connectivity index (χ0v) is 12.1. The molecule has 1 heterocycles. The number of rotatable bonds is 5. The predicted molar refractivity (Wildman–Crippen MR) is 76.6 cm³/mol. The van der Waals surface area contributed by atoms with Crippen LogP contribution in [0.4, 0.5) is 0 Å². The van der Waals surface area contributed by atoms with Crippen LogP contribution in [0, 0.1) is 0 Å². The Balaban J connectivity index is 2.13. The summed E-state index contributed by atoms with van der Waals surface area (Å²) in [5, 5.41) is 3.40. The quantitative estimate of drug-likeness (QED) is 0.877. The molecule has 0 spiro atoms. The van der Waals surface area contributed by atoms with Crippen molar-refractivity contribution in [2.45, 2.75) is 19.1 Å². The summed E-state index contributed by atoms with van der Waals surface area (Å²) in [5.41, 5.74) is 1.27. The number of nitrogens with zero attached hydrogens (tertiary/aromatic N) is 1. The number of nitrogens with one attached hydrogen (secondary N) is 1. The minimum atomic E-state index is 0.196. The van der Waals surface area contributed by atoms with Crippen LogP contribution < -0.4 is 10.1 Å². The van der Waals surface area contributed by atoms with Crippen molar-refractivity contribution in [2.75, 3.05) is 40.4 Å². The van der Waals surface area contributed by atoms with Gasteiger partial charge >= 0.3 is 0 Å². The van der Waals surface area contributed by atoms with Gasteiger partial charge in [0.05, 0.1) is 25.4 Å². The SMILES string of the molecule is CCOc1ccc(C(C2CNCCO2)N(C)C)cc1. The molecule has 4 heteroatoms. The number of morpholine rings is 1. The summed E-state index contributed by atoms with van der Waals surface area (Å²) in [5.74, 6) is 0.923. The molecule has 19 heavy (non-hydrogen) atoms. The lowest BCUT2D eigenvalue weighted by Gasteiger charge is -2.35. The molecule has 0 saturated carbocycles. The maximum atomic E-state index is 5.90. The lowest BCUT2D eigenvalue weighted by atomic mass is 9.99. The molecule has 1 N–H and O–H groups in total. The summed E-state index contributed by atoms with van der Waals surface area (Å²) in [6.07, 6.45) is 0.196. The van der Waals surface area contributed by atoms with E-state index in [2.05, 4.69) is 36.4 Å². The Morgan fingerprint density at radius 1 is 1.37 bits per heavy atom. The van der Waals surface area contributed by atoms with Crippen LogP contribution in [-0.4, -0.2) is 51.4 Å². The van der Waals surface area contributed by atoms with Gasteiger partial charge in [-0.3, -0.25) is 0 Å². The maximum absolute atomic E-state index is 5.90. The van der Waals surface area contributed by atoms with Gasteiger partial charge in [0.1, 0.15) is 5.75 Å². The van der Waals surface area contributed by atoms with Gasteiger partial charge < -0.3 is 19.7 Å². The van der Waals surface area contributed by atoms with E-state index in [0.717, 1.165) is 25.4 Å². The van der Waals surface area contributed by atoms with E-state index in [-0.39, 0.29) is 12.1 Å². The van der Waals surface area contributed by atoms with Crippen molar-refractivity contribution in [1.82, 2.24) is 10.2 Å². The molecule has 1 aromatic carbocycles. The molecule has 106 valence electrons. The van der Waals surface area contributed by atoms with Crippen LogP contribution >= 0.6 is 0 Å². The molecular formula is C15H24N2O2. The molecule has 1 aromatic rings. The summed E-state index contributed by atoms with van der Waals surface area (Å²) < 4.78 is 11.4. The number of ether oxygens (including phenoxy) is 2. The van der Waals surface area contributed by atoms with Crippen molar-refractivity contribution >= 4 is 0 Å². The van der Waals surface area contributed by atoms with E-state index in [4.69, 9.17) is 9.47 Å². The van der Waals surface area contributed by atoms with E-state index in [1.165, 1.54) is 5.56 Å². The molecule has 1 aliphatic rings. The second-order valence-electron chi connectivity index (χ2n) is 5.02. The van der Waals surface area contributed by atoms with Crippen LogP contribution in [0.3, 0.4) is 0 Å². The van der Waals surface area contributed by atoms with Crippen molar-refractivity contribution in [3.63, 3.8) is 0 Å². The normalized spacial score (nSPS) is 21.4. The first-order chi connectivity index (χ1) is 9.22. The van der Waals surface area contributed by atoms with Crippen LogP contribution in [0.1, 0.15) is 18.5 Å². The van der Waals surface area contributed by atoms with E-state index < -0.39 is 0 Å². The molecule has 1 aliphatic heterocycles. The van der Waals surface area contributed by atoms with Gasteiger partial charge in [0.2, 0.25) is 0 Å². The predicted octanol–water partition coefficient (Wildman–Crippen LogP) is 1.68. The summed E-state index contributed by atoms with van der Waals surface area (Å²) in [4.78, 5) is 2.22. The summed E-state index contributed by atoms with van der Waals surface area (Å²) in [7, 11) is 4.19. The molecule has 2 rings (SSSR count). The second kappa shape index (κ2) is 6.89. The van der Waals surface area contributed by atoms with E-state index in [1.807, 2.05) is 19.1 Å². The number of benzene rings is 1.